The molecule has 0 saturated carbocycles. The van der Waals surface area contributed by atoms with Crippen LogP contribution in [-0.2, 0) is 27.2 Å². The van der Waals surface area contributed by atoms with E-state index in [0.717, 1.165) is 0 Å². The lowest BCUT2D eigenvalue weighted by molar-refractivity contribution is -0.128. The number of ether oxygens (including phenoxy) is 1. The van der Waals surface area contributed by atoms with Gasteiger partial charge in [0.05, 0.1) is 13.0 Å². The van der Waals surface area contributed by atoms with Gasteiger partial charge in [-0.1, -0.05) is 54.1 Å². The predicted molar refractivity (Wildman–Crippen MR) is 146 cm³/mol. The molecule has 1 aliphatic heterocycles. The van der Waals surface area contributed by atoms with E-state index in [1.807, 2.05) is 24.0 Å². The van der Waals surface area contributed by atoms with Crippen molar-refractivity contribution in [3.8, 4) is 0 Å². The quantitative estimate of drug-likeness (QED) is 0.259. The Bertz CT molecular complexity index is 1120. The third-order valence-electron chi connectivity index (χ3n) is 6.15. The van der Waals surface area contributed by atoms with Crippen LogP contribution in [0.25, 0.3) is 0 Å². The minimum atomic E-state index is -4.32. The van der Waals surface area contributed by atoms with Crippen molar-refractivity contribution in [1.29, 1.82) is 0 Å². The molecule has 214 valence electrons. The molecule has 11 heteroatoms. The van der Waals surface area contributed by atoms with Crippen LogP contribution >= 0.6 is 11.6 Å². The van der Waals surface area contributed by atoms with Crippen molar-refractivity contribution in [1.82, 2.24) is 19.6 Å². The Morgan fingerprint density at radius 3 is 2.54 bits per heavy atom. The van der Waals surface area contributed by atoms with Crippen molar-refractivity contribution < 1.29 is 27.5 Å². The molecule has 0 bridgehead atoms. The Morgan fingerprint density at radius 1 is 1.23 bits per heavy atom. The van der Waals surface area contributed by atoms with E-state index >= 15 is 0 Å². The molecular weight excluding hydrogens is 533 g/mol. The number of carbonyl (C=O) groups is 2. The monoisotopic (exact) mass is 568 g/mol. The largest absolute Gasteiger partial charge is 0.393 e. The first-order chi connectivity index (χ1) is 18.4. The number of nitrogens with zero attached hydrogens (tertiary/aromatic N) is 4. The second-order valence-corrected chi connectivity index (χ2v) is 9.58. The maximum absolute atomic E-state index is 13.7. The molecule has 0 N–H and O–H groups in total. The lowest BCUT2D eigenvalue weighted by atomic mass is 10.0. The van der Waals surface area contributed by atoms with E-state index < -0.39 is 18.8 Å². The van der Waals surface area contributed by atoms with Gasteiger partial charge in [0.1, 0.15) is 17.7 Å². The van der Waals surface area contributed by atoms with Gasteiger partial charge in [0, 0.05) is 52.8 Å². The van der Waals surface area contributed by atoms with E-state index in [2.05, 4.69) is 0 Å². The van der Waals surface area contributed by atoms with E-state index in [4.69, 9.17) is 16.3 Å². The number of halogens is 4. The normalized spacial score (nSPS) is 16.6. The zero-order valence-corrected chi connectivity index (χ0v) is 23.7. The molecule has 0 saturated heterocycles. The Morgan fingerprint density at radius 2 is 1.92 bits per heavy atom. The Hall–Kier alpha value is -3.24. The highest BCUT2D eigenvalue weighted by Crippen LogP contribution is 2.33. The molecule has 0 aliphatic carbocycles. The predicted octanol–water partition coefficient (Wildman–Crippen LogP) is 4.52. The van der Waals surface area contributed by atoms with Crippen LogP contribution in [0.15, 0.2) is 71.2 Å². The van der Waals surface area contributed by atoms with E-state index in [1.165, 1.54) is 21.9 Å². The van der Waals surface area contributed by atoms with Gasteiger partial charge < -0.3 is 24.3 Å². The molecule has 0 fully saturated rings. The van der Waals surface area contributed by atoms with Crippen molar-refractivity contribution >= 4 is 23.9 Å². The molecule has 1 heterocycles. The van der Waals surface area contributed by atoms with E-state index in [-0.39, 0.29) is 18.0 Å². The minimum Gasteiger partial charge on any atom is -0.383 e. The Labute approximate surface area is 233 Å². The zero-order valence-electron chi connectivity index (χ0n) is 22.9. The fourth-order valence-electron chi connectivity index (χ4n) is 4.31. The van der Waals surface area contributed by atoms with Crippen LogP contribution < -0.4 is 0 Å². The van der Waals surface area contributed by atoms with Gasteiger partial charge >= 0.3 is 6.18 Å². The molecule has 0 radical (unpaired) electrons. The van der Waals surface area contributed by atoms with Crippen LogP contribution in [0.5, 0.6) is 0 Å². The number of carbonyl (C=O) groups excluding carboxylic acids is 2. The van der Waals surface area contributed by atoms with Crippen LogP contribution in [0.3, 0.4) is 0 Å². The fourth-order valence-corrected chi connectivity index (χ4v) is 4.51. The topological polar surface area (TPSA) is 56.3 Å². The second-order valence-electron chi connectivity index (χ2n) is 9.15. The summed E-state index contributed by atoms with van der Waals surface area (Å²) in [6.07, 6.45) is 3.97. The van der Waals surface area contributed by atoms with Crippen LogP contribution in [0, 0.1) is 0 Å². The molecule has 39 heavy (non-hydrogen) atoms. The van der Waals surface area contributed by atoms with Crippen LogP contribution in [0.1, 0.15) is 18.1 Å². The number of alkyl halides is 3. The molecule has 1 atom stereocenters. The SMILES string of the molecule is C\C=C/C(Cl)=C\C=C\CN1C(C(=O)N(C)CCOC)=C(N(C)C=O)N(C)C1Cc1cccc(CC(F)(F)F)c1. The molecule has 1 aliphatic rings. The number of benzene rings is 1. The summed E-state index contributed by atoms with van der Waals surface area (Å²) in [5, 5.41) is 0.526. The molecule has 2 rings (SSSR count). The molecule has 0 spiro atoms. The molecule has 1 aromatic carbocycles. The van der Waals surface area contributed by atoms with Gasteiger partial charge in [0.25, 0.3) is 5.91 Å². The number of hydrogen-bond acceptors (Lipinski definition) is 5. The van der Waals surface area contributed by atoms with Gasteiger partial charge in [0.15, 0.2) is 0 Å². The van der Waals surface area contributed by atoms with Gasteiger partial charge in [-0.15, -0.1) is 0 Å². The van der Waals surface area contributed by atoms with E-state index in [9.17, 15) is 22.8 Å². The van der Waals surface area contributed by atoms with E-state index in [0.29, 0.717) is 48.1 Å². The molecule has 2 amide bonds. The number of rotatable bonds is 13. The summed E-state index contributed by atoms with van der Waals surface area (Å²) in [5.41, 5.74) is 1.13. The van der Waals surface area contributed by atoms with Gasteiger partial charge in [0.2, 0.25) is 6.41 Å². The highest BCUT2D eigenvalue weighted by Gasteiger charge is 2.41. The number of allylic oxidation sites excluding steroid dienone is 5. The van der Waals surface area contributed by atoms with Gasteiger partial charge in [-0.3, -0.25) is 9.59 Å². The Kier molecular flexibility index (Phi) is 12.1. The Balaban J connectivity index is 2.52. The van der Waals surface area contributed by atoms with Gasteiger partial charge in [-0.05, 0) is 30.2 Å². The molecule has 1 unspecified atom stereocenters. The highest BCUT2D eigenvalue weighted by atomic mass is 35.5. The standard InChI is InChI=1S/C28H36ClF3N4O3/c1-6-10-23(29)13-7-8-14-36-24(18-21-11-9-12-22(17-21)19-28(30,31)32)35(4)26(34(3)20-37)25(36)27(38)33(2)15-16-39-5/h6-13,17,20,24H,14-16,18-19H2,1-5H3/b8-7+,10-6-,23-13+. The number of methoxy groups -OCH3 is 1. The summed E-state index contributed by atoms with van der Waals surface area (Å²) in [4.78, 5) is 32.0. The van der Waals surface area contributed by atoms with Crippen LogP contribution in [0.2, 0.25) is 0 Å². The van der Waals surface area contributed by atoms with Gasteiger partial charge in [-0.2, -0.15) is 13.2 Å². The number of likely N-dealkylation sites (N-methyl/N-ethyl adjacent to an activating group) is 2. The lowest BCUT2D eigenvalue weighted by Gasteiger charge is -2.33. The van der Waals surface area contributed by atoms with Crippen LogP contribution in [-0.4, -0.2) is 92.2 Å². The maximum atomic E-state index is 13.7. The summed E-state index contributed by atoms with van der Waals surface area (Å²) in [6.45, 7) is 2.79. The van der Waals surface area contributed by atoms with Crippen molar-refractivity contribution in [2.45, 2.75) is 32.1 Å². The van der Waals surface area contributed by atoms with Crippen molar-refractivity contribution in [3.63, 3.8) is 0 Å². The van der Waals surface area contributed by atoms with Crippen molar-refractivity contribution in [2.75, 3.05) is 47.9 Å². The first kappa shape index (κ1) is 32.0. The molecular formula is C28H36ClF3N4O3. The average molecular weight is 569 g/mol. The van der Waals surface area contributed by atoms with E-state index in [1.54, 1.807) is 63.5 Å². The smallest absolute Gasteiger partial charge is 0.383 e. The molecule has 7 nitrogen and oxygen atoms in total. The third-order valence-corrected chi connectivity index (χ3v) is 6.40. The summed E-state index contributed by atoms with van der Waals surface area (Å²) >= 11 is 6.14. The summed E-state index contributed by atoms with van der Waals surface area (Å²) in [7, 11) is 6.50. The highest BCUT2D eigenvalue weighted by molar-refractivity contribution is 6.31. The zero-order chi connectivity index (χ0) is 29.2. The first-order valence-corrected chi connectivity index (χ1v) is 12.8. The number of amides is 2. The molecule has 1 aromatic rings. The first-order valence-electron chi connectivity index (χ1n) is 12.4. The van der Waals surface area contributed by atoms with Crippen LogP contribution in [0.4, 0.5) is 13.2 Å². The summed E-state index contributed by atoms with van der Waals surface area (Å²) in [6, 6.07) is 6.33. The average Bonchev–Trinajstić information content (AvgIpc) is 3.14. The fraction of sp³-hybridized carbons (Fsp3) is 0.429. The molecule has 0 aromatic heterocycles. The number of hydrogen-bond donors (Lipinski definition) is 0. The second kappa shape index (κ2) is 14.8. The maximum Gasteiger partial charge on any atom is 0.393 e. The van der Waals surface area contributed by atoms with Crippen molar-refractivity contribution in [2.24, 2.45) is 0 Å². The lowest BCUT2D eigenvalue weighted by Crippen LogP contribution is -2.43. The van der Waals surface area contributed by atoms with Gasteiger partial charge in [-0.25, -0.2) is 0 Å². The summed E-state index contributed by atoms with van der Waals surface area (Å²) < 4.78 is 44.2. The van der Waals surface area contributed by atoms with Crippen molar-refractivity contribution in [3.05, 3.63) is 82.3 Å². The minimum absolute atomic E-state index is 0.157. The third kappa shape index (κ3) is 9.18. The summed E-state index contributed by atoms with van der Waals surface area (Å²) in [5.74, 6) is 0.0819.